The summed E-state index contributed by atoms with van der Waals surface area (Å²) in [5.41, 5.74) is 1.80. The molecule has 122 valence electrons. The van der Waals surface area contributed by atoms with E-state index in [9.17, 15) is 4.39 Å². The maximum Gasteiger partial charge on any atom is 0.224 e. The van der Waals surface area contributed by atoms with Crippen molar-refractivity contribution >= 4 is 11.8 Å². The molecule has 0 aliphatic carbocycles. The predicted molar refractivity (Wildman–Crippen MR) is 94.3 cm³/mol. The van der Waals surface area contributed by atoms with E-state index in [1.165, 1.54) is 11.6 Å². The number of rotatable bonds is 6. The highest BCUT2D eigenvalue weighted by Gasteiger charge is 2.06. The van der Waals surface area contributed by atoms with Crippen molar-refractivity contribution < 1.29 is 4.39 Å². The summed E-state index contributed by atoms with van der Waals surface area (Å²) in [7, 11) is 1.98. The van der Waals surface area contributed by atoms with E-state index in [1.54, 1.807) is 18.3 Å². The summed E-state index contributed by atoms with van der Waals surface area (Å²) >= 11 is 0. The van der Waals surface area contributed by atoms with Crippen LogP contribution in [-0.4, -0.2) is 17.0 Å². The number of anilines is 2. The average molecular weight is 322 g/mol. The Morgan fingerprint density at radius 3 is 2.54 bits per heavy atom. The van der Waals surface area contributed by atoms with Crippen LogP contribution in [0.4, 0.5) is 16.2 Å². The lowest BCUT2D eigenvalue weighted by Crippen LogP contribution is -2.18. The molecule has 0 aliphatic heterocycles. The van der Waals surface area contributed by atoms with Gasteiger partial charge in [0.15, 0.2) is 0 Å². The fraction of sp³-hybridized carbons (Fsp3) is 0.158. The number of benzene rings is 2. The van der Waals surface area contributed by atoms with Crippen molar-refractivity contribution in [2.24, 2.45) is 0 Å². The molecule has 3 rings (SSSR count). The highest BCUT2D eigenvalue weighted by atomic mass is 19.1. The van der Waals surface area contributed by atoms with Crippen LogP contribution in [0.3, 0.4) is 0 Å². The highest BCUT2D eigenvalue weighted by Crippen LogP contribution is 2.15. The lowest BCUT2D eigenvalue weighted by molar-refractivity contribution is 0.612. The second-order valence-corrected chi connectivity index (χ2v) is 5.53. The molecular formula is C19H19FN4. The normalized spacial score (nSPS) is 10.4. The van der Waals surface area contributed by atoms with Crippen LogP contribution in [-0.2, 0) is 13.1 Å². The van der Waals surface area contributed by atoms with E-state index < -0.39 is 0 Å². The first-order chi connectivity index (χ1) is 11.7. The Morgan fingerprint density at radius 2 is 1.75 bits per heavy atom. The Labute approximate surface area is 141 Å². The minimum atomic E-state index is -0.234. The molecular weight excluding hydrogens is 303 g/mol. The molecule has 2 aromatic carbocycles. The summed E-state index contributed by atoms with van der Waals surface area (Å²) in [4.78, 5) is 10.7. The van der Waals surface area contributed by atoms with Crippen LogP contribution in [0.2, 0.25) is 0 Å². The molecule has 3 aromatic rings. The van der Waals surface area contributed by atoms with E-state index >= 15 is 0 Å². The topological polar surface area (TPSA) is 41.1 Å². The molecule has 0 radical (unpaired) electrons. The second kappa shape index (κ2) is 7.55. The van der Waals surface area contributed by atoms with Crippen molar-refractivity contribution in [2.45, 2.75) is 13.1 Å². The summed E-state index contributed by atoms with van der Waals surface area (Å²) < 4.78 is 13.7. The van der Waals surface area contributed by atoms with Gasteiger partial charge in [-0.15, -0.1) is 0 Å². The van der Waals surface area contributed by atoms with Gasteiger partial charge < -0.3 is 10.2 Å². The largest absolute Gasteiger partial charge is 0.355 e. The number of hydrogen-bond acceptors (Lipinski definition) is 4. The van der Waals surface area contributed by atoms with Gasteiger partial charge in [-0.05, 0) is 17.7 Å². The maximum absolute atomic E-state index is 13.7. The van der Waals surface area contributed by atoms with Crippen LogP contribution in [0.15, 0.2) is 66.9 Å². The zero-order chi connectivity index (χ0) is 16.8. The van der Waals surface area contributed by atoms with Crippen molar-refractivity contribution in [1.29, 1.82) is 0 Å². The van der Waals surface area contributed by atoms with Crippen molar-refractivity contribution in [1.82, 2.24) is 9.97 Å². The van der Waals surface area contributed by atoms with Gasteiger partial charge in [-0.3, -0.25) is 0 Å². The number of nitrogens with one attached hydrogen (secondary N) is 1. The van der Waals surface area contributed by atoms with Crippen molar-refractivity contribution in [3.8, 4) is 0 Å². The Balaban J connectivity index is 1.66. The van der Waals surface area contributed by atoms with Gasteiger partial charge in [0.25, 0.3) is 0 Å². The maximum atomic E-state index is 13.7. The Bertz CT molecular complexity index is 792. The van der Waals surface area contributed by atoms with E-state index in [2.05, 4.69) is 27.4 Å². The lowest BCUT2D eigenvalue weighted by atomic mass is 10.2. The van der Waals surface area contributed by atoms with Crippen LogP contribution in [0, 0.1) is 5.82 Å². The molecule has 1 heterocycles. The van der Waals surface area contributed by atoms with Crippen LogP contribution >= 0.6 is 0 Å². The molecule has 0 spiro atoms. The Morgan fingerprint density at radius 1 is 1.00 bits per heavy atom. The minimum absolute atomic E-state index is 0.234. The van der Waals surface area contributed by atoms with Gasteiger partial charge in [0.05, 0.1) is 0 Å². The zero-order valence-electron chi connectivity index (χ0n) is 13.5. The number of nitrogens with zero attached hydrogens (tertiary/aromatic N) is 3. The van der Waals surface area contributed by atoms with Gasteiger partial charge in [0.2, 0.25) is 5.95 Å². The lowest BCUT2D eigenvalue weighted by Gasteiger charge is -2.18. The monoisotopic (exact) mass is 322 g/mol. The third-order valence-electron chi connectivity index (χ3n) is 3.69. The van der Waals surface area contributed by atoms with Crippen molar-refractivity contribution in [3.63, 3.8) is 0 Å². The molecule has 1 N–H and O–H groups in total. The molecule has 0 amide bonds. The highest BCUT2D eigenvalue weighted by molar-refractivity contribution is 5.42. The third kappa shape index (κ3) is 4.07. The number of halogens is 1. The first-order valence-electron chi connectivity index (χ1n) is 7.78. The molecule has 1 aromatic heterocycles. The Hall–Kier alpha value is -2.95. The predicted octanol–water partition coefficient (Wildman–Crippen LogP) is 3.86. The summed E-state index contributed by atoms with van der Waals surface area (Å²) in [6.45, 7) is 1.10. The smallest absolute Gasteiger partial charge is 0.224 e. The summed E-state index contributed by atoms with van der Waals surface area (Å²) in [6, 6.07) is 18.7. The van der Waals surface area contributed by atoms with Crippen molar-refractivity contribution in [2.75, 3.05) is 17.3 Å². The fourth-order valence-electron chi connectivity index (χ4n) is 2.40. The van der Waals surface area contributed by atoms with E-state index in [1.807, 2.05) is 42.3 Å². The third-order valence-corrected chi connectivity index (χ3v) is 3.69. The van der Waals surface area contributed by atoms with Crippen LogP contribution in [0.5, 0.6) is 0 Å². The van der Waals surface area contributed by atoms with E-state index in [-0.39, 0.29) is 5.82 Å². The minimum Gasteiger partial charge on any atom is -0.355 e. The molecule has 0 saturated carbocycles. The second-order valence-electron chi connectivity index (χ2n) is 5.53. The molecule has 0 unspecified atom stereocenters. The SMILES string of the molecule is CN(Cc1ccccc1)c1ccnc(NCc2ccccc2F)n1. The molecule has 0 aliphatic rings. The van der Waals surface area contributed by atoms with E-state index in [4.69, 9.17) is 0 Å². The van der Waals surface area contributed by atoms with E-state index in [0.717, 1.165) is 12.4 Å². The average Bonchev–Trinajstić information content (AvgIpc) is 2.62. The molecule has 24 heavy (non-hydrogen) atoms. The zero-order valence-corrected chi connectivity index (χ0v) is 13.5. The van der Waals surface area contributed by atoms with Gasteiger partial charge in [0, 0.05) is 31.9 Å². The quantitative estimate of drug-likeness (QED) is 0.748. The number of hydrogen-bond donors (Lipinski definition) is 1. The fourth-order valence-corrected chi connectivity index (χ4v) is 2.40. The molecule has 0 bridgehead atoms. The standard InChI is InChI=1S/C19H19FN4/c1-24(14-15-7-3-2-4-8-15)18-11-12-21-19(23-18)22-13-16-9-5-6-10-17(16)20/h2-12H,13-14H2,1H3,(H,21,22,23). The van der Waals surface area contributed by atoms with Crippen LogP contribution in [0.1, 0.15) is 11.1 Å². The molecule has 4 nitrogen and oxygen atoms in total. The summed E-state index contributed by atoms with van der Waals surface area (Å²) in [5, 5.41) is 3.07. The van der Waals surface area contributed by atoms with Gasteiger partial charge >= 0.3 is 0 Å². The van der Waals surface area contributed by atoms with Gasteiger partial charge in [-0.1, -0.05) is 48.5 Å². The van der Waals surface area contributed by atoms with Crippen molar-refractivity contribution in [3.05, 3.63) is 83.8 Å². The molecule has 0 fully saturated rings. The van der Waals surface area contributed by atoms with Gasteiger partial charge in [0.1, 0.15) is 11.6 Å². The van der Waals surface area contributed by atoms with Crippen LogP contribution in [0.25, 0.3) is 0 Å². The summed E-state index contributed by atoms with van der Waals surface area (Å²) in [6.07, 6.45) is 1.70. The first kappa shape index (κ1) is 15.9. The van der Waals surface area contributed by atoms with E-state index in [0.29, 0.717) is 18.1 Å². The molecule has 0 saturated heterocycles. The molecule has 0 atom stereocenters. The number of aromatic nitrogens is 2. The summed E-state index contributed by atoms with van der Waals surface area (Å²) in [5.74, 6) is 1.06. The molecule has 5 heteroatoms. The Kier molecular flexibility index (Phi) is 5.01. The van der Waals surface area contributed by atoms with Gasteiger partial charge in [-0.25, -0.2) is 9.37 Å². The van der Waals surface area contributed by atoms with Crippen LogP contribution < -0.4 is 10.2 Å². The van der Waals surface area contributed by atoms with Gasteiger partial charge in [-0.2, -0.15) is 4.98 Å². The first-order valence-corrected chi connectivity index (χ1v) is 7.78.